The number of nitrogens with one attached hydrogen (secondary N) is 2. The van der Waals surface area contributed by atoms with Gasteiger partial charge in [0.1, 0.15) is 0 Å². The fraction of sp³-hybridized carbons (Fsp3) is 0.0476. The van der Waals surface area contributed by atoms with Crippen LogP contribution in [0.5, 0.6) is 0 Å². The molecule has 0 aliphatic heterocycles. The van der Waals surface area contributed by atoms with Crippen LogP contribution in [0, 0.1) is 6.92 Å². The van der Waals surface area contributed by atoms with Crippen LogP contribution in [0.15, 0.2) is 72.2 Å². The number of aromatic nitrogens is 2. The molecule has 0 bridgehead atoms. The fourth-order valence-corrected chi connectivity index (χ4v) is 4.26. The minimum atomic E-state index is -2.62. The van der Waals surface area contributed by atoms with E-state index >= 15 is 0 Å². The number of thiazole rings is 1. The second-order valence-electron chi connectivity index (χ2n) is 6.44. The molecule has 30 heavy (non-hydrogen) atoms. The average molecular weight is 438 g/mol. The van der Waals surface area contributed by atoms with E-state index in [9.17, 15) is 13.6 Å². The zero-order chi connectivity index (χ0) is 21.1. The molecule has 0 aliphatic carbocycles. The number of anilines is 3. The van der Waals surface area contributed by atoms with Crippen LogP contribution in [-0.2, 0) is 11.3 Å². The van der Waals surface area contributed by atoms with E-state index in [-0.39, 0.29) is 11.3 Å². The summed E-state index contributed by atoms with van der Waals surface area (Å²) in [6.45, 7) is 1.92. The lowest BCUT2D eigenvalue weighted by atomic mass is 10.1. The number of carbonyl (C=O) groups is 1. The number of hydrogen-bond acceptors (Lipinski definition) is 5. The molecule has 1 amide bonds. The molecular formula is C21H17N4O3S2-. The topological polar surface area (TPSA) is 101 Å². The molecular weight excluding hydrogens is 420 g/mol. The SMILES string of the molecule is Cc1ccc(N(c2ccccc2C(=O)Nc2nc(-c3ccc[nH]3)cs2)S(=O)[O-])cc1. The normalized spacial score (nSPS) is 11.8. The number of benzene rings is 2. The number of carbonyl (C=O) groups excluding carboxylic acids is 1. The van der Waals surface area contributed by atoms with Crippen LogP contribution in [0.1, 0.15) is 15.9 Å². The molecule has 1 atom stereocenters. The third-order valence-electron chi connectivity index (χ3n) is 4.38. The zero-order valence-corrected chi connectivity index (χ0v) is 17.5. The maximum Gasteiger partial charge on any atom is 0.259 e. The summed E-state index contributed by atoms with van der Waals surface area (Å²) in [5, 5.41) is 5.02. The quantitative estimate of drug-likeness (QED) is 0.429. The maximum atomic E-state index is 13.0. The number of nitrogens with zero attached hydrogens (tertiary/aromatic N) is 2. The van der Waals surface area contributed by atoms with Crippen LogP contribution in [0.25, 0.3) is 11.4 Å². The molecule has 0 fully saturated rings. The highest BCUT2D eigenvalue weighted by Gasteiger charge is 2.20. The van der Waals surface area contributed by atoms with E-state index in [0.29, 0.717) is 10.8 Å². The van der Waals surface area contributed by atoms with Crippen LogP contribution in [0.3, 0.4) is 0 Å². The van der Waals surface area contributed by atoms with Crippen LogP contribution in [0.2, 0.25) is 0 Å². The predicted octanol–water partition coefficient (Wildman–Crippen LogP) is 4.63. The van der Waals surface area contributed by atoms with Gasteiger partial charge in [-0.25, -0.2) is 4.98 Å². The van der Waals surface area contributed by atoms with Gasteiger partial charge in [0.15, 0.2) is 5.13 Å². The first-order valence-electron chi connectivity index (χ1n) is 8.99. The molecule has 4 rings (SSSR count). The number of H-pyrrole nitrogens is 1. The minimum Gasteiger partial charge on any atom is -0.755 e. The summed E-state index contributed by atoms with van der Waals surface area (Å²) in [7, 11) is 0. The molecule has 0 saturated heterocycles. The predicted molar refractivity (Wildman–Crippen MR) is 119 cm³/mol. The Balaban J connectivity index is 1.64. The second-order valence-corrected chi connectivity index (χ2v) is 8.10. The maximum absolute atomic E-state index is 13.0. The Morgan fingerprint density at radius 1 is 1.13 bits per heavy atom. The molecule has 2 aromatic heterocycles. The van der Waals surface area contributed by atoms with Crippen molar-refractivity contribution in [3.8, 4) is 11.4 Å². The smallest absolute Gasteiger partial charge is 0.259 e. The van der Waals surface area contributed by atoms with Gasteiger partial charge in [0.25, 0.3) is 5.91 Å². The van der Waals surface area contributed by atoms with E-state index in [2.05, 4.69) is 15.3 Å². The van der Waals surface area contributed by atoms with E-state index < -0.39 is 17.2 Å². The summed E-state index contributed by atoms with van der Waals surface area (Å²) in [5.41, 5.74) is 3.49. The molecule has 0 spiro atoms. The largest absolute Gasteiger partial charge is 0.755 e. The molecule has 1 unspecified atom stereocenters. The van der Waals surface area contributed by atoms with Crippen molar-refractivity contribution in [2.24, 2.45) is 0 Å². The van der Waals surface area contributed by atoms with Gasteiger partial charge in [-0.2, -0.15) is 0 Å². The monoisotopic (exact) mass is 437 g/mol. The van der Waals surface area contributed by atoms with Crippen LogP contribution in [0.4, 0.5) is 16.5 Å². The van der Waals surface area contributed by atoms with Gasteiger partial charge in [0.05, 0.1) is 39.6 Å². The molecule has 0 radical (unpaired) electrons. The fourth-order valence-electron chi connectivity index (χ4n) is 2.94. The number of amides is 1. The van der Waals surface area contributed by atoms with E-state index in [1.54, 1.807) is 42.6 Å². The number of hydrogen-bond donors (Lipinski definition) is 2. The van der Waals surface area contributed by atoms with E-state index in [0.717, 1.165) is 21.3 Å². The van der Waals surface area contributed by atoms with Crippen molar-refractivity contribution >= 4 is 45.0 Å². The number of aromatic amines is 1. The highest BCUT2D eigenvalue weighted by Crippen LogP contribution is 2.31. The van der Waals surface area contributed by atoms with Crippen LogP contribution < -0.4 is 9.62 Å². The summed E-state index contributed by atoms with van der Waals surface area (Å²) >= 11 is -1.32. The van der Waals surface area contributed by atoms with Gasteiger partial charge < -0.3 is 9.54 Å². The third kappa shape index (κ3) is 4.18. The first kappa shape index (κ1) is 20.0. The Bertz CT molecular complexity index is 1190. The van der Waals surface area contributed by atoms with Gasteiger partial charge in [0.2, 0.25) is 0 Å². The summed E-state index contributed by atoms with van der Waals surface area (Å²) < 4.78 is 25.2. The van der Waals surface area contributed by atoms with E-state index in [1.807, 2.05) is 36.6 Å². The minimum absolute atomic E-state index is 0.221. The molecule has 2 heterocycles. The molecule has 0 saturated carbocycles. The summed E-state index contributed by atoms with van der Waals surface area (Å²) in [4.78, 5) is 20.4. The standard InChI is InChI=1S/C21H18N4O3S2/c1-14-8-10-15(11-9-14)25(30(27)28)19-7-3-2-5-16(19)20(26)24-21-23-18(13-29-21)17-6-4-12-22-17/h2-13,22H,1H3,(H,27,28)(H,23,24,26)/p-1. The third-order valence-corrected chi connectivity index (χ3v) is 5.85. The van der Waals surface area contributed by atoms with Crippen molar-refractivity contribution in [3.63, 3.8) is 0 Å². The van der Waals surface area contributed by atoms with Gasteiger partial charge >= 0.3 is 0 Å². The van der Waals surface area contributed by atoms with Gasteiger partial charge in [0, 0.05) is 11.6 Å². The summed E-state index contributed by atoms with van der Waals surface area (Å²) in [5.74, 6) is -0.444. The average Bonchev–Trinajstić information content (AvgIpc) is 3.41. The highest BCUT2D eigenvalue weighted by atomic mass is 32.2. The van der Waals surface area contributed by atoms with Crippen molar-refractivity contribution in [2.75, 3.05) is 9.62 Å². The molecule has 0 aliphatic rings. The molecule has 4 aromatic rings. The van der Waals surface area contributed by atoms with E-state index in [4.69, 9.17) is 0 Å². The van der Waals surface area contributed by atoms with Gasteiger partial charge in [-0.05, 0) is 43.3 Å². The number of aryl methyl sites for hydroxylation is 1. The Morgan fingerprint density at radius 3 is 2.60 bits per heavy atom. The zero-order valence-electron chi connectivity index (χ0n) is 15.9. The van der Waals surface area contributed by atoms with Gasteiger partial charge in [-0.1, -0.05) is 29.8 Å². The van der Waals surface area contributed by atoms with Crippen LogP contribution >= 0.6 is 11.3 Å². The Kier molecular flexibility index (Phi) is 5.75. The summed E-state index contributed by atoms with van der Waals surface area (Å²) in [6, 6.07) is 17.3. The van der Waals surface area contributed by atoms with Gasteiger partial charge in [-0.3, -0.25) is 18.6 Å². The second kappa shape index (κ2) is 8.62. The van der Waals surface area contributed by atoms with Crippen molar-refractivity contribution in [2.45, 2.75) is 6.92 Å². The Labute approximate surface area is 179 Å². The van der Waals surface area contributed by atoms with Gasteiger partial charge in [-0.15, -0.1) is 11.3 Å². The van der Waals surface area contributed by atoms with Crippen molar-refractivity contribution in [1.82, 2.24) is 9.97 Å². The lowest BCUT2D eigenvalue weighted by molar-refractivity contribution is 0.102. The first-order valence-corrected chi connectivity index (χ1v) is 10.9. The number of rotatable bonds is 6. The van der Waals surface area contributed by atoms with Crippen molar-refractivity contribution in [1.29, 1.82) is 0 Å². The first-order chi connectivity index (χ1) is 14.5. The van der Waals surface area contributed by atoms with Crippen LogP contribution in [-0.4, -0.2) is 24.6 Å². The molecule has 2 aromatic carbocycles. The molecule has 2 N–H and O–H groups in total. The molecule has 9 heteroatoms. The molecule has 7 nitrogen and oxygen atoms in total. The lowest BCUT2D eigenvalue weighted by Gasteiger charge is -2.28. The highest BCUT2D eigenvalue weighted by molar-refractivity contribution is 7.81. The van der Waals surface area contributed by atoms with Crippen molar-refractivity contribution < 1.29 is 13.6 Å². The molecule has 152 valence electrons. The summed E-state index contributed by atoms with van der Waals surface area (Å²) in [6.07, 6.45) is 1.80. The Hall–Kier alpha value is -3.27. The number of para-hydroxylation sites is 1. The van der Waals surface area contributed by atoms with E-state index in [1.165, 1.54) is 11.3 Å². The van der Waals surface area contributed by atoms with Crippen molar-refractivity contribution in [3.05, 3.63) is 83.4 Å². The Morgan fingerprint density at radius 2 is 1.90 bits per heavy atom. The lowest BCUT2D eigenvalue weighted by Crippen LogP contribution is -2.23.